The molecule has 7 heteroatoms. The Morgan fingerprint density at radius 2 is 1.79 bits per heavy atom. The molecule has 0 spiro atoms. The van der Waals surface area contributed by atoms with Gasteiger partial charge in [-0.2, -0.15) is 0 Å². The van der Waals surface area contributed by atoms with Gasteiger partial charge in [-0.05, 0) is 36.4 Å². The Morgan fingerprint density at radius 1 is 1.17 bits per heavy atom. The molecule has 0 aromatic heterocycles. The van der Waals surface area contributed by atoms with Gasteiger partial charge in [-0.1, -0.05) is 22.0 Å². The van der Waals surface area contributed by atoms with E-state index >= 15 is 0 Å². The maximum Gasteiger partial charge on any atom is 0.257 e. The SMILES string of the molecule is O=C(NC(CO)CCOc1ccc(Br)cc1)c1c(F)cccc1F. The molecule has 2 N–H and O–H groups in total. The number of aliphatic hydroxyl groups is 1. The van der Waals surface area contributed by atoms with Gasteiger partial charge in [-0.25, -0.2) is 8.78 Å². The van der Waals surface area contributed by atoms with E-state index in [1.807, 2.05) is 12.1 Å². The van der Waals surface area contributed by atoms with Crippen molar-refractivity contribution >= 4 is 21.8 Å². The van der Waals surface area contributed by atoms with E-state index in [1.54, 1.807) is 12.1 Å². The summed E-state index contributed by atoms with van der Waals surface area (Å²) in [5.41, 5.74) is -0.662. The summed E-state index contributed by atoms with van der Waals surface area (Å²) in [4.78, 5) is 12.0. The second-order valence-electron chi connectivity index (χ2n) is 5.04. The van der Waals surface area contributed by atoms with Crippen LogP contribution in [0.5, 0.6) is 5.75 Å². The van der Waals surface area contributed by atoms with Crippen LogP contribution in [0.15, 0.2) is 46.9 Å². The van der Waals surface area contributed by atoms with E-state index in [0.717, 1.165) is 16.6 Å². The normalized spacial score (nSPS) is 11.8. The second kappa shape index (κ2) is 8.75. The van der Waals surface area contributed by atoms with Gasteiger partial charge in [0.25, 0.3) is 5.91 Å². The third-order valence-electron chi connectivity index (χ3n) is 3.29. The summed E-state index contributed by atoms with van der Waals surface area (Å²) in [6.45, 7) is -0.140. The molecule has 0 aliphatic rings. The molecule has 0 aliphatic heterocycles. The molecule has 0 saturated heterocycles. The molecule has 2 aromatic carbocycles. The van der Waals surface area contributed by atoms with Gasteiger partial charge in [0.05, 0.1) is 19.3 Å². The highest BCUT2D eigenvalue weighted by molar-refractivity contribution is 9.10. The van der Waals surface area contributed by atoms with Crippen molar-refractivity contribution < 1.29 is 23.4 Å². The van der Waals surface area contributed by atoms with E-state index in [-0.39, 0.29) is 19.6 Å². The molecule has 1 atom stereocenters. The molecule has 1 unspecified atom stereocenters. The minimum absolute atomic E-state index is 0.229. The lowest BCUT2D eigenvalue weighted by molar-refractivity contribution is 0.0898. The highest BCUT2D eigenvalue weighted by atomic mass is 79.9. The predicted molar refractivity (Wildman–Crippen MR) is 89.0 cm³/mol. The molecule has 1 amide bonds. The van der Waals surface area contributed by atoms with Gasteiger partial charge >= 0.3 is 0 Å². The van der Waals surface area contributed by atoms with Crippen molar-refractivity contribution in [3.63, 3.8) is 0 Å². The fourth-order valence-electron chi connectivity index (χ4n) is 2.03. The minimum atomic E-state index is -0.949. The predicted octanol–water partition coefficient (Wildman–Crippen LogP) is 3.29. The van der Waals surface area contributed by atoms with Crippen molar-refractivity contribution in [1.29, 1.82) is 0 Å². The average molecular weight is 400 g/mol. The number of nitrogens with one attached hydrogen (secondary N) is 1. The average Bonchev–Trinajstić information content (AvgIpc) is 2.55. The van der Waals surface area contributed by atoms with Gasteiger partial charge in [0.1, 0.15) is 22.9 Å². The quantitative estimate of drug-likeness (QED) is 0.750. The molecule has 0 radical (unpaired) electrons. The third-order valence-corrected chi connectivity index (χ3v) is 3.82. The van der Waals surface area contributed by atoms with E-state index in [1.165, 1.54) is 6.07 Å². The molecular formula is C17H16BrF2NO3. The van der Waals surface area contributed by atoms with Crippen LogP contribution in [0.1, 0.15) is 16.8 Å². The summed E-state index contributed by atoms with van der Waals surface area (Å²) in [5, 5.41) is 11.7. The summed E-state index contributed by atoms with van der Waals surface area (Å²) >= 11 is 3.31. The molecule has 0 heterocycles. The minimum Gasteiger partial charge on any atom is -0.494 e. The van der Waals surface area contributed by atoms with E-state index < -0.39 is 29.1 Å². The molecule has 0 saturated carbocycles. The summed E-state index contributed by atoms with van der Waals surface area (Å²) in [5.74, 6) is -2.17. The van der Waals surface area contributed by atoms with Crippen molar-refractivity contribution in [3.05, 3.63) is 64.1 Å². The Bertz CT molecular complexity index is 674. The van der Waals surface area contributed by atoms with E-state index in [4.69, 9.17) is 4.74 Å². The molecule has 128 valence electrons. The van der Waals surface area contributed by atoms with Gasteiger partial charge in [-0.15, -0.1) is 0 Å². The number of carbonyl (C=O) groups is 1. The molecule has 4 nitrogen and oxygen atoms in total. The van der Waals surface area contributed by atoms with Crippen LogP contribution in [0.4, 0.5) is 8.78 Å². The van der Waals surface area contributed by atoms with Crippen molar-refractivity contribution in [2.75, 3.05) is 13.2 Å². The van der Waals surface area contributed by atoms with E-state index in [2.05, 4.69) is 21.2 Å². The first-order valence-electron chi connectivity index (χ1n) is 7.25. The highest BCUT2D eigenvalue weighted by Crippen LogP contribution is 2.16. The molecular weight excluding hydrogens is 384 g/mol. The monoisotopic (exact) mass is 399 g/mol. The number of ether oxygens (including phenoxy) is 1. The molecule has 0 fully saturated rings. The standard InChI is InChI=1S/C17H16BrF2NO3/c18-11-4-6-13(7-5-11)24-9-8-12(10-22)21-17(23)16-14(19)2-1-3-15(16)20/h1-7,12,22H,8-10H2,(H,21,23). The lowest BCUT2D eigenvalue weighted by atomic mass is 10.1. The molecule has 0 bridgehead atoms. The van der Waals surface area contributed by atoms with Crippen LogP contribution in [0.25, 0.3) is 0 Å². The summed E-state index contributed by atoms with van der Waals surface area (Å²) < 4.78 is 33.6. The number of hydrogen-bond donors (Lipinski definition) is 2. The summed E-state index contributed by atoms with van der Waals surface area (Å²) in [6.07, 6.45) is 0.286. The molecule has 2 aromatic rings. The lowest BCUT2D eigenvalue weighted by Crippen LogP contribution is -2.39. The van der Waals surface area contributed by atoms with Gasteiger partial charge in [-0.3, -0.25) is 4.79 Å². The zero-order valence-electron chi connectivity index (χ0n) is 12.6. The zero-order chi connectivity index (χ0) is 17.5. The lowest BCUT2D eigenvalue weighted by Gasteiger charge is -2.17. The molecule has 0 aliphatic carbocycles. The second-order valence-corrected chi connectivity index (χ2v) is 5.96. The number of aliphatic hydroxyl groups excluding tert-OH is 1. The Balaban J connectivity index is 1.89. The van der Waals surface area contributed by atoms with Crippen LogP contribution in [0.3, 0.4) is 0 Å². The zero-order valence-corrected chi connectivity index (χ0v) is 14.2. The Labute approximate surface area is 146 Å². The number of halogens is 3. The Kier molecular flexibility index (Phi) is 6.69. The van der Waals surface area contributed by atoms with Gasteiger partial charge < -0.3 is 15.2 Å². The fraction of sp³-hybridized carbons (Fsp3) is 0.235. The number of rotatable bonds is 7. The maximum atomic E-state index is 13.6. The largest absolute Gasteiger partial charge is 0.494 e. The Morgan fingerprint density at radius 3 is 2.38 bits per heavy atom. The highest BCUT2D eigenvalue weighted by Gasteiger charge is 2.20. The maximum absolute atomic E-state index is 13.6. The first-order chi connectivity index (χ1) is 11.5. The first-order valence-corrected chi connectivity index (χ1v) is 8.04. The summed E-state index contributed by atoms with van der Waals surface area (Å²) in [6, 6.07) is 9.69. The van der Waals surface area contributed by atoms with Crippen LogP contribution in [0, 0.1) is 11.6 Å². The molecule has 24 heavy (non-hydrogen) atoms. The van der Waals surface area contributed by atoms with Crippen LogP contribution < -0.4 is 10.1 Å². The van der Waals surface area contributed by atoms with Crippen LogP contribution in [0.2, 0.25) is 0 Å². The third kappa shape index (κ3) is 5.01. The van der Waals surface area contributed by atoms with Crippen molar-refractivity contribution in [2.45, 2.75) is 12.5 Å². The van der Waals surface area contributed by atoms with Crippen molar-refractivity contribution in [2.24, 2.45) is 0 Å². The fourth-order valence-corrected chi connectivity index (χ4v) is 2.30. The van der Waals surface area contributed by atoms with Gasteiger partial charge in [0, 0.05) is 10.9 Å². The number of amides is 1. The van der Waals surface area contributed by atoms with Crippen LogP contribution >= 0.6 is 15.9 Å². The van der Waals surface area contributed by atoms with Gasteiger partial charge in [0.15, 0.2) is 0 Å². The van der Waals surface area contributed by atoms with E-state index in [9.17, 15) is 18.7 Å². The first kappa shape index (κ1) is 18.4. The number of benzene rings is 2. The number of carbonyl (C=O) groups excluding carboxylic acids is 1. The molecule has 2 rings (SSSR count). The van der Waals surface area contributed by atoms with Gasteiger partial charge in [0.2, 0.25) is 0 Å². The summed E-state index contributed by atoms with van der Waals surface area (Å²) in [7, 11) is 0. The van der Waals surface area contributed by atoms with Crippen molar-refractivity contribution in [1.82, 2.24) is 5.32 Å². The smallest absolute Gasteiger partial charge is 0.257 e. The van der Waals surface area contributed by atoms with E-state index in [0.29, 0.717) is 5.75 Å². The van der Waals surface area contributed by atoms with Crippen molar-refractivity contribution in [3.8, 4) is 5.75 Å². The topological polar surface area (TPSA) is 58.6 Å². The van der Waals surface area contributed by atoms with Crippen LogP contribution in [-0.2, 0) is 0 Å². The Hall–Kier alpha value is -1.99. The van der Waals surface area contributed by atoms with Crippen LogP contribution in [-0.4, -0.2) is 30.3 Å². The number of hydrogen-bond acceptors (Lipinski definition) is 3.